The zero-order chi connectivity index (χ0) is 18.4. The minimum absolute atomic E-state index is 0.137. The molecule has 2 aromatic rings. The molecule has 2 aromatic carbocycles. The number of para-hydroxylation sites is 1. The third-order valence-electron chi connectivity index (χ3n) is 4.66. The first-order valence-electron chi connectivity index (χ1n) is 9.08. The molecule has 5 heteroatoms. The molecular weight excluding hydrogens is 369 g/mol. The van der Waals surface area contributed by atoms with Crippen molar-refractivity contribution in [3.63, 3.8) is 0 Å². The van der Waals surface area contributed by atoms with E-state index in [4.69, 9.17) is 32.7 Å². The summed E-state index contributed by atoms with van der Waals surface area (Å²) in [5.41, 5.74) is -0.137. The van der Waals surface area contributed by atoms with E-state index in [-0.39, 0.29) is 5.60 Å². The van der Waals surface area contributed by atoms with Crippen LogP contribution in [0.25, 0.3) is 0 Å². The monoisotopic (exact) mass is 393 g/mol. The topological polar surface area (TPSA) is 21.7 Å². The van der Waals surface area contributed by atoms with Gasteiger partial charge < -0.3 is 9.47 Å². The average molecular weight is 394 g/mol. The standard InChI is InChI=1S/C21H25Cl2NO2/c1-21(26-18-10-8-17(22)9-11-18)12-14-24(16-21)13-4-5-15-25-20-7-3-2-6-19(20)23/h2-3,6-11H,4-5,12-16H2,1H3. The van der Waals surface area contributed by atoms with Crippen LogP contribution in [0.2, 0.25) is 10.0 Å². The van der Waals surface area contributed by atoms with Crippen LogP contribution in [0.15, 0.2) is 48.5 Å². The first kappa shape index (κ1) is 19.3. The summed E-state index contributed by atoms with van der Waals surface area (Å²) in [4.78, 5) is 2.46. The molecule has 26 heavy (non-hydrogen) atoms. The van der Waals surface area contributed by atoms with Crippen molar-refractivity contribution in [1.29, 1.82) is 0 Å². The lowest BCUT2D eigenvalue weighted by Gasteiger charge is -2.26. The van der Waals surface area contributed by atoms with Crippen molar-refractivity contribution >= 4 is 23.2 Å². The summed E-state index contributed by atoms with van der Waals surface area (Å²) in [7, 11) is 0. The summed E-state index contributed by atoms with van der Waals surface area (Å²) in [5.74, 6) is 1.64. The molecule has 0 aliphatic carbocycles. The number of likely N-dealkylation sites (tertiary alicyclic amines) is 1. The summed E-state index contributed by atoms with van der Waals surface area (Å²) >= 11 is 12.0. The van der Waals surface area contributed by atoms with Crippen LogP contribution in [0.1, 0.15) is 26.2 Å². The third-order valence-corrected chi connectivity index (χ3v) is 5.22. The highest BCUT2D eigenvalue weighted by Crippen LogP contribution is 2.28. The van der Waals surface area contributed by atoms with Gasteiger partial charge in [-0.25, -0.2) is 0 Å². The van der Waals surface area contributed by atoms with Crippen molar-refractivity contribution < 1.29 is 9.47 Å². The zero-order valence-electron chi connectivity index (χ0n) is 15.1. The highest BCUT2D eigenvalue weighted by Gasteiger charge is 2.35. The maximum absolute atomic E-state index is 6.21. The number of nitrogens with zero attached hydrogens (tertiary/aromatic N) is 1. The number of hydrogen-bond acceptors (Lipinski definition) is 3. The minimum Gasteiger partial charge on any atom is -0.492 e. The lowest BCUT2D eigenvalue weighted by Crippen LogP contribution is -2.36. The van der Waals surface area contributed by atoms with Gasteiger partial charge >= 0.3 is 0 Å². The largest absolute Gasteiger partial charge is 0.492 e. The Morgan fingerprint density at radius 2 is 1.81 bits per heavy atom. The molecule has 0 saturated carbocycles. The Labute approximate surface area is 165 Å². The molecule has 3 nitrogen and oxygen atoms in total. The molecule has 0 amide bonds. The molecule has 1 atom stereocenters. The predicted molar refractivity (Wildman–Crippen MR) is 108 cm³/mol. The lowest BCUT2D eigenvalue weighted by atomic mass is 10.1. The highest BCUT2D eigenvalue weighted by atomic mass is 35.5. The van der Waals surface area contributed by atoms with Gasteiger partial charge in [-0.2, -0.15) is 0 Å². The fraction of sp³-hybridized carbons (Fsp3) is 0.429. The van der Waals surface area contributed by atoms with Crippen LogP contribution in [-0.2, 0) is 0 Å². The molecular formula is C21H25Cl2NO2. The van der Waals surface area contributed by atoms with E-state index in [0.717, 1.165) is 55.4 Å². The second-order valence-electron chi connectivity index (χ2n) is 7.02. The number of halogens is 2. The van der Waals surface area contributed by atoms with Crippen LogP contribution >= 0.6 is 23.2 Å². The second kappa shape index (κ2) is 8.98. The van der Waals surface area contributed by atoms with Crippen molar-refractivity contribution in [2.45, 2.75) is 31.8 Å². The van der Waals surface area contributed by atoms with Crippen molar-refractivity contribution in [2.75, 3.05) is 26.2 Å². The van der Waals surface area contributed by atoms with Gasteiger partial charge in [0, 0.05) is 24.5 Å². The molecule has 1 aliphatic rings. The Kier molecular flexibility index (Phi) is 6.68. The first-order valence-corrected chi connectivity index (χ1v) is 9.84. The maximum atomic E-state index is 6.21. The summed E-state index contributed by atoms with van der Waals surface area (Å²) in [6.07, 6.45) is 3.14. The van der Waals surface area contributed by atoms with Crippen LogP contribution < -0.4 is 9.47 Å². The van der Waals surface area contributed by atoms with Crippen LogP contribution in [0.4, 0.5) is 0 Å². The predicted octanol–water partition coefficient (Wildman–Crippen LogP) is 5.70. The van der Waals surface area contributed by atoms with E-state index in [0.29, 0.717) is 11.6 Å². The van der Waals surface area contributed by atoms with Crippen molar-refractivity contribution in [1.82, 2.24) is 4.90 Å². The number of benzene rings is 2. The van der Waals surface area contributed by atoms with Crippen molar-refractivity contribution in [2.24, 2.45) is 0 Å². The molecule has 0 radical (unpaired) electrons. The number of rotatable bonds is 8. The minimum atomic E-state index is -0.137. The molecule has 0 N–H and O–H groups in total. The highest BCUT2D eigenvalue weighted by molar-refractivity contribution is 6.32. The normalized spacial score (nSPS) is 20.3. The Morgan fingerprint density at radius 1 is 1.04 bits per heavy atom. The van der Waals surface area contributed by atoms with Crippen LogP contribution in [0, 0.1) is 0 Å². The van der Waals surface area contributed by atoms with Gasteiger partial charge in [-0.3, -0.25) is 4.90 Å². The van der Waals surface area contributed by atoms with E-state index in [1.54, 1.807) is 0 Å². The Hall–Kier alpha value is -1.42. The van der Waals surface area contributed by atoms with Crippen LogP contribution in [0.5, 0.6) is 11.5 Å². The molecule has 1 heterocycles. The smallest absolute Gasteiger partial charge is 0.137 e. The van der Waals surface area contributed by atoms with Gasteiger partial charge in [0.25, 0.3) is 0 Å². The number of ether oxygens (including phenoxy) is 2. The number of unbranched alkanes of at least 4 members (excludes halogenated alkanes) is 1. The Balaban J connectivity index is 1.36. The second-order valence-corrected chi connectivity index (χ2v) is 7.86. The molecule has 140 valence electrons. The van der Waals surface area contributed by atoms with Crippen LogP contribution in [-0.4, -0.2) is 36.7 Å². The summed E-state index contributed by atoms with van der Waals surface area (Å²) < 4.78 is 12.0. The summed E-state index contributed by atoms with van der Waals surface area (Å²) in [6, 6.07) is 15.2. The zero-order valence-corrected chi connectivity index (χ0v) is 16.6. The fourth-order valence-corrected chi connectivity index (χ4v) is 3.58. The molecule has 0 aromatic heterocycles. The van der Waals surface area contributed by atoms with Crippen molar-refractivity contribution in [3.8, 4) is 11.5 Å². The van der Waals surface area contributed by atoms with E-state index in [1.165, 1.54) is 0 Å². The maximum Gasteiger partial charge on any atom is 0.137 e. The van der Waals surface area contributed by atoms with E-state index in [9.17, 15) is 0 Å². The number of hydrogen-bond donors (Lipinski definition) is 0. The molecule has 1 fully saturated rings. The van der Waals surface area contributed by atoms with E-state index >= 15 is 0 Å². The first-order chi connectivity index (χ1) is 12.5. The Bertz CT molecular complexity index is 707. The van der Waals surface area contributed by atoms with Gasteiger partial charge in [-0.15, -0.1) is 0 Å². The van der Waals surface area contributed by atoms with E-state index < -0.39 is 0 Å². The van der Waals surface area contributed by atoms with Gasteiger partial charge in [0.2, 0.25) is 0 Å². The Morgan fingerprint density at radius 3 is 2.58 bits per heavy atom. The molecule has 1 unspecified atom stereocenters. The molecule has 1 saturated heterocycles. The third kappa shape index (κ3) is 5.54. The average Bonchev–Trinajstić information content (AvgIpc) is 2.99. The van der Waals surface area contributed by atoms with Gasteiger partial charge in [0.05, 0.1) is 11.6 Å². The van der Waals surface area contributed by atoms with Gasteiger partial charge in [-0.1, -0.05) is 35.3 Å². The summed E-state index contributed by atoms with van der Waals surface area (Å²) in [6.45, 7) is 5.94. The van der Waals surface area contributed by atoms with E-state index in [2.05, 4.69) is 11.8 Å². The van der Waals surface area contributed by atoms with Gasteiger partial charge in [-0.05, 0) is 62.7 Å². The quantitative estimate of drug-likeness (QED) is 0.537. The van der Waals surface area contributed by atoms with Crippen molar-refractivity contribution in [3.05, 3.63) is 58.6 Å². The fourth-order valence-electron chi connectivity index (χ4n) is 3.27. The van der Waals surface area contributed by atoms with Gasteiger partial charge in [0.15, 0.2) is 0 Å². The lowest BCUT2D eigenvalue weighted by molar-refractivity contribution is 0.0957. The molecule has 3 rings (SSSR count). The van der Waals surface area contributed by atoms with E-state index in [1.807, 2.05) is 48.5 Å². The SMILES string of the molecule is CC1(Oc2ccc(Cl)cc2)CCN(CCCCOc2ccccc2Cl)C1. The molecule has 0 spiro atoms. The summed E-state index contributed by atoms with van der Waals surface area (Å²) in [5, 5.41) is 1.40. The molecule has 1 aliphatic heterocycles. The van der Waals surface area contributed by atoms with Crippen LogP contribution in [0.3, 0.4) is 0 Å². The van der Waals surface area contributed by atoms with Gasteiger partial charge in [0.1, 0.15) is 17.1 Å². The molecule has 0 bridgehead atoms.